The third-order valence-corrected chi connectivity index (χ3v) is 6.40. The highest BCUT2D eigenvalue weighted by atomic mass is 35.5. The van der Waals surface area contributed by atoms with Crippen molar-refractivity contribution in [1.82, 2.24) is 10.2 Å². The SMILES string of the molecule is O=C(NCCC/C=C\c1c(Cl)ccc2c1CCN(C(=O)C(F)(F)F)CC2)C1CCCC1. The summed E-state index contributed by atoms with van der Waals surface area (Å²) in [5.74, 6) is -1.48. The van der Waals surface area contributed by atoms with Crippen LogP contribution in [-0.4, -0.2) is 42.5 Å². The minimum Gasteiger partial charge on any atom is -0.356 e. The maximum Gasteiger partial charge on any atom is 0.471 e. The molecule has 2 amide bonds. The number of carbonyl (C=O) groups excluding carboxylic acids is 2. The second kappa shape index (κ2) is 10.5. The number of rotatable bonds is 6. The summed E-state index contributed by atoms with van der Waals surface area (Å²) in [5.41, 5.74) is 2.62. The van der Waals surface area contributed by atoms with E-state index in [0.717, 1.165) is 60.1 Å². The monoisotopic (exact) mass is 456 g/mol. The highest BCUT2D eigenvalue weighted by molar-refractivity contribution is 6.32. The van der Waals surface area contributed by atoms with Crippen molar-refractivity contribution in [2.24, 2.45) is 5.92 Å². The van der Waals surface area contributed by atoms with E-state index in [2.05, 4.69) is 5.32 Å². The van der Waals surface area contributed by atoms with Gasteiger partial charge in [-0.15, -0.1) is 0 Å². The van der Waals surface area contributed by atoms with Gasteiger partial charge in [0.1, 0.15) is 0 Å². The lowest BCUT2D eigenvalue weighted by atomic mass is 9.96. The molecule has 0 atom stereocenters. The molecule has 4 nitrogen and oxygen atoms in total. The number of nitrogens with one attached hydrogen (secondary N) is 1. The van der Waals surface area contributed by atoms with Gasteiger partial charge >= 0.3 is 12.1 Å². The largest absolute Gasteiger partial charge is 0.471 e. The Bertz CT molecular complexity index is 833. The lowest BCUT2D eigenvalue weighted by Gasteiger charge is -2.21. The van der Waals surface area contributed by atoms with E-state index in [4.69, 9.17) is 11.6 Å². The fourth-order valence-corrected chi connectivity index (χ4v) is 4.59. The first-order chi connectivity index (χ1) is 14.8. The van der Waals surface area contributed by atoms with Crippen molar-refractivity contribution in [3.63, 3.8) is 0 Å². The van der Waals surface area contributed by atoms with Crippen molar-refractivity contribution in [1.29, 1.82) is 0 Å². The lowest BCUT2D eigenvalue weighted by molar-refractivity contribution is -0.185. The van der Waals surface area contributed by atoms with Gasteiger partial charge in [-0.05, 0) is 61.3 Å². The van der Waals surface area contributed by atoms with Crippen molar-refractivity contribution >= 4 is 29.5 Å². The molecular formula is C23H28ClF3N2O2. The van der Waals surface area contributed by atoms with E-state index in [0.29, 0.717) is 24.4 Å². The molecule has 2 aliphatic rings. The number of benzene rings is 1. The maximum atomic E-state index is 12.8. The highest BCUT2D eigenvalue weighted by Crippen LogP contribution is 2.29. The smallest absolute Gasteiger partial charge is 0.356 e. The predicted octanol–water partition coefficient (Wildman–Crippen LogP) is 4.93. The fourth-order valence-electron chi connectivity index (χ4n) is 4.35. The molecule has 1 aliphatic heterocycles. The fraction of sp³-hybridized carbons (Fsp3) is 0.565. The second-order valence-electron chi connectivity index (χ2n) is 8.21. The van der Waals surface area contributed by atoms with Gasteiger partial charge in [-0.25, -0.2) is 0 Å². The Morgan fingerprint density at radius 2 is 1.87 bits per heavy atom. The summed E-state index contributed by atoms with van der Waals surface area (Å²) in [4.78, 5) is 24.5. The number of hydrogen-bond donors (Lipinski definition) is 1. The van der Waals surface area contributed by atoms with E-state index in [1.807, 2.05) is 18.2 Å². The Kier molecular flexibility index (Phi) is 8.03. The van der Waals surface area contributed by atoms with Crippen LogP contribution >= 0.6 is 11.6 Å². The number of hydrogen-bond acceptors (Lipinski definition) is 2. The summed E-state index contributed by atoms with van der Waals surface area (Å²) in [5, 5.41) is 3.53. The van der Waals surface area contributed by atoms with Gasteiger partial charge in [-0.2, -0.15) is 13.2 Å². The lowest BCUT2D eigenvalue weighted by Crippen LogP contribution is -2.42. The molecule has 170 valence electrons. The third kappa shape index (κ3) is 6.25. The number of fused-ring (bicyclic) bond motifs is 1. The first-order valence-corrected chi connectivity index (χ1v) is 11.3. The number of halogens is 4. The van der Waals surface area contributed by atoms with E-state index in [9.17, 15) is 22.8 Å². The first-order valence-electron chi connectivity index (χ1n) is 10.9. The van der Waals surface area contributed by atoms with Gasteiger partial charge in [0.05, 0.1) is 0 Å². The second-order valence-corrected chi connectivity index (χ2v) is 8.61. The van der Waals surface area contributed by atoms with Crippen molar-refractivity contribution < 1.29 is 22.8 Å². The van der Waals surface area contributed by atoms with Crippen LogP contribution < -0.4 is 5.32 Å². The van der Waals surface area contributed by atoms with E-state index in [1.54, 1.807) is 6.07 Å². The number of amides is 2. The van der Waals surface area contributed by atoms with Crippen LogP contribution in [0.2, 0.25) is 5.02 Å². The summed E-state index contributed by atoms with van der Waals surface area (Å²) < 4.78 is 38.4. The Hall–Kier alpha value is -2.02. The molecular weight excluding hydrogens is 429 g/mol. The van der Waals surface area contributed by atoms with Gasteiger partial charge in [-0.1, -0.05) is 42.7 Å². The molecule has 3 rings (SSSR count). The van der Waals surface area contributed by atoms with Crippen molar-refractivity contribution in [3.8, 4) is 0 Å². The molecule has 0 aromatic heterocycles. The number of unbranched alkanes of at least 4 members (excludes halogenated alkanes) is 1. The van der Waals surface area contributed by atoms with E-state index in [-0.39, 0.29) is 24.9 Å². The molecule has 1 saturated carbocycles. The zero-order chi connectivity index (χ0) is 22.4. The summed E-state index contributed by atoms with van der Waals surface area (Å²) in [6, 6.07) is 3.58. The first kappa shape index (κ1) is 23.6. The molecule has 1 N–H and O–H groups in total. The van der Waals surface area contributed by atoms with Crippen LogP contribution in [0.3, 0.4) is 0 Å². The summed E-state index contributed by atoms with van der Waals surface area (Å²) in [6.07, 6.45) is 5.50. The zero-order valence-corrected chi connectivity index (χ0v) is 18.2. The Balaban J connectivity index is 1.55. The van der Waals surface area contributed by atoms with Crippen molar-refractivity contribution in [2.75, 3.05) is 19.6 Å². The topological polar surface area (TPSA) is 49.4 Å². The predicted molar refractivity (Wildman–Crippen MR) is 115 cm³/mol. The van der Waals surface area contributed by atoms with E-state index < -0.39 is 12.1 Å². The van der Waals surface area contributed by atoms with Crippen LogP contribution in [0.15, 0.2) is 18.2 Å². The van der Waals surface area contributed by atoms with Crippen LogP contribution in [0.25, 0.3) is 6.08 Å². The van der Waals surface area contributed by atoms with Crippen molar-refractivity contribution in [2.45, 2.75) is 57.5 Å². The third-order valence-electron chi connectivity index (χ3n) is 6.07. The molecule has 0 bridgehead atoms. The van der Waals surface area contributed by atoms with Crippen LogP contribution in [0, 0.1) is 5.92 Å². The van der Waals surface area contributed by atoms with Crippen molar-refractivity contribution in [3.05, 3.63) is 39.9 Å². The normalized spacial score (nSPS) is 17.6. The standard InChI is InChI=1S/C23H28ClF3N2O2/c24-20-10-9-16-11-14-29(22(31)23(25,26)27)15-12-18(16)19(20)8-2-1-5-13-28-21(30)17-6-3-4-7-17/h2,8-10,17H,1,3-7,11-15H2,(H,28,30)/b8-2-. The molecule has 31 heavy (non-hydrogen) atoms. The molecule has 0 spiro atoms. The average Bonchev–Trinajstić information content (AvgIpc) is 3.18. The number of alkyl halides is 3. The number of nitrogens with zero attached hydrogens (tertiary/aromatic N) is 1. The molecule has 1 heterocycles. The quantitative estimate of drug-likeness (QED) is 0.617. The average molecular weight is 457 g/mol. The number of allylic oxidation sites excluding steroid dienone is 1. The molecule has 1 aromatic rings. The Morgan fingerprint density at radius 3 is 2.58 bits per heavy atom. The van der Waals surface area contributed by atoms with Gasteiger partial charge in [-0.3, -0.25) is 9.59 Å². The van der Waals surface area contributed by atoms with Gasteiger partial charge in [0.15, 0.2) is 0 Å². The minimum atomic E-state index is -4.86. The van der Waals surface area contributed by atoms with E-state index in [1.165, 1.54) is 0 Å². The molecule has 0 radical (unpaired) electrons. The highest BCUT2D eigenvalue weighted by Gasteiger charge is 2.42. The van der Waals surface area contributed by atoms with Gasteiger partial charge in [0.2, 0.25) is 5.91 Å². The van der Waals surface area contributed by atoms with Gasteiger partial charge in [0, 0.05) is 30.6 Å². The number of carbonyl (C=O) groups is 2. The molecule has 8 heteroatoms. The van der Waals surface area contributed by atoms with Gasteiger partial charge < -0.3 is 10.2 Å². The van der Waals surface area contributed by atoms with Crippen LogP contribution in [0.4, 0.5) is 13.2 Å². The van der Waals surface area contributed by atoms with Gasteiger partial charge in [0.25, 0.3) is 0 Å². The van der Waals surface area contributed by atoms with Crippen LogP contribution in [0.1, 0.15) is 55.2 Å². The maximum absolute atomic E-state index is 12.8. The molecule has 1 aliphatic carbocycles. The molecule has 1 fully saturated rings. The van der Waals surface area contributed by atoms with Crippen LogP contribution in [0.5, 0.6) is 0 Å². The Morgan fingerprint density at radius 1 is 1.16 bits per heavy atom. The van der Waals surface area contributed by atoms with E-state index >= 15 is 0 Å². The Labute approximate surface area is 185 Å². The molecule has 1 aromatic carbocycles. The zero-order valence-electron chi connectivity index (χ0n) is 17.4. The summed E-state index contributed by atoms with van der Waals surface area (Å²) >= 11 is 6.37. The molecule has 0 saturated heterocycles. The molecule has 0 unspecified atom stereocenters. The summed E-state index contributed by atoms with van der Waals surface area (Å²) in [7, 11) is 0. The van der Waals surface area contributed by atoms with Crippen LogP contribution in [-0.2, 0) is 22.4 Å². The minimum absolute atomic E-state index is 0.0136. The summed E-state index contributed by atoms with van der Waals surface area (Å²) in [6.45, 7) is 0.672.